The molecule has 148 valence electrons. The van der Waals surface area contributed by atoms with Gasteiger partial charge in [-0.25, -0.2) is 4.79 Å². The molecule has 9 nitrogen and oxygen atoms in total. The molecule has 1 aromatic carbocycles. The smallest absolute Gasteiger partial charge is 0.326 e. The minimum Gasteiger partial charge on any atom is -0.454 e. The van der Waals surface area contributed by atoms with Gasteiger partial charge in [-0.3, -0.25) is 14.5 Å². The van der Waals surface area contributed by atoms with Gasteiger partial charge in [-0.15, -0.1) is 10.2 Å². The Kier molecular flexibility index (Phi) is 5.43. The molecule has 1 aliphatic heterocycles. The molecule has 1 saturated heterocycles. The Hall–Kier alpha value is -3.23. The Labute approximate surface area is 162 Å². The first-order chi connectivity index (χ1) is 13.4. The van der Waals surface area contributed by atoms with E-state index in [1.807, 2.05) is 45.0 Å². The number of nitrogens with zero attached hydrogens (tertiary/aromatic N) is 3. The lowest BCUT2D eigenvalue weighted by atomic mass is 9.93. The lowest BCUT2D eigenvalue weighted by molar-refractivity contribution is -0.149. The number of benzene rings is 1. The predicted molar refractivity (Wildman–Crippen MR) is 97.8 cm³/mol. The summed E-state index contributed by atoms with van der Waals surface area (Å²) in [5, 5.41) is 10.4. The first-order valence-electron chi connectivity index (χ1n) is 9.07. The van der Waals surface area contributed by atoms with Crippen molar-refractivity contribution in [1.29, 1.82) is 0 Å². The molecule has 9 heteroatoms. The fourth-order valence-electron chi connectivity index (χ4n) is 3.07. The third-order valence-electron chi connectivity index (χ3n) is 4.83. The molecule has 28 heavy (non-hydrogen) atoms. The number of nitrogens with one attached hydrogen (secondary N) is 1. The van der Waals surface area contributed by atoms with Gasteiger partial charge in [-0.05, 0) is 31.9 Å². The van der Waals surface area contributed by atoms with Crippen LogP contribution in [0, 0.1) is 6.92 Å². The van der Waals surface area contributed by atoms with Crippen LogP contribution in [0.15, 0.2) is 28.7 Å². The third-order valence-corrected chi connectivity index (χ3v) is 4.83. The van der Waals surface area contributed by atoms with Crippen LogP contribution in [0.4, 0.5) is 4.79 Å². The maximum absolute atomic E-state index is 12.5. The average Bonchev–Trinajstić information content (AvgIpc) is 3.25. The van der Waals surface area contributed by atoms with Gasteiger partial charge in [-0.2, -0.15) is 0 Å². The van der Waals surface area contributed by atoms with Crippen LogP contribution in [-0.4, -0.2) is 45.1 Å². The molecule has 0 atom stereocenters. The van der Waals surface area contributed by atoms with E-state index in [0.717, 1.165) is 16.0 Å². The Morgan fingerprint density at radius 3 is 2.64 bits per heavy atom. The number of imide groups is 1. The fourth-order valence-corrected chi connectivity index (χ4v) is 3.07. The van der Waals surface area contributed by atoms with Crippen LogP contribution < -0.4 is 5.32 Å². The topological polar surface area (TPSA) is 115 Å². The molecule has 2 heterocycles. The molecule has 2 aromatic rings. The molecule has 1 aromatic heterocycles. The molecule has 0 bridgehead atoms. The van der Waals surface area contributed by atoms with E-state index in [1.165, 1.54) is 0 Å². The Morgan fingerprint density at radius 1 is 1.25 bits per heavy atom. The van der Waals surface area contributed by atoms with Crippen LogP contribution in [0.3, 0.4) is 0 Å². The first kappa shape index (κ1) is 19.5. The summed E-state index contributed by atoms with van der Waals surface area (Å²) < 4.78 is 10.6. The molecular weight excluding hydrogens is 364 g/mol. The van der Waals surface area contributed by atoms with E-state index in [2.05, 4.69) is 15.5 Å². The minimum atomic E-state index is -0.952. The minimum absolute atomic E-state index is 0.124. The van der Waals surface area contributed by atoms with Crippen LogP contribution in [0.2, 0.25) is 0 Å². The third kappa shape index (κ3) is 3.73. The van der Waals surface area contributed by atoms with Gasteiger partial charge in [0.15, 0.2) is 6.61 Å². The summed E-state index contributed by atoms with van der Waals surface area (Å²) in [4.78, 5) is 37.5. The maximum atomic E-state index is 12.5. The van der Waals surface area contributed by atoms with Gasteiger partial charge in [0.2, 0.25) is 5.89 Å². The number of amides is 3. The second-order valence-corrected chi connectivity index (χ2v) is 6.64. The molecule has 3 rings (SSSR count). The van der Waals surface area contributed by atoms with Gasteiger partial charge in [0.1, 0.15) is 12.1 Å². The molecular formula is C19H22N4O5. The fraction of sp³-hybridized carbons (Fsp3) is 0.421. The van der Waals surface area contributed by atoms with Crippen LogP contribution in [-0.2, 0) is 20.9 Å². The maximum Gasteiger partial charge on any atom is 0.326 e. The number of aromatic nitrogens is 2. The molecule has 1 aliphatic rings. The molecule has 0 unspecified atom stereocenters. The average molecular weight is 386 g/mol. The number of urea groups is 1. The first-order valence-corrected chi connectivity index (χ1v) is 9.07. The van der Waals surface area contributed by atoms with Gasteiger partial charge in [0.05, 0.1) is 0 Å². The largest absolute Gasteiger partial charge is 0.454 e. The molecule has 1 fully saturated rings. The number of aryl methyl sites for hydroxylation is 1. The lowest BCUT2D eigenvalue weighted by Crippen LogP contribution is -2.46. The number of ether oxygens (including phenoxy) is 1. The Balaban J connectivity index is 1.58. The van der Waals surface area contributed by atoms with Crippen molar-refractivity contribution in [2.45, 2.75) is 45.8 Å². The molecule has 1 N–H and O–H groups in total. The van der Waals surface area contributed by atoms with E-state index < -0.39 is 30.0 Å². The molecule has 0 saturated carbocycles. The van der Waals surface area contributed by atoms with Crippen molar-refractivity contribution in [2.24, 2.45) is 0 Å². The normalized spacial score (nSPS) is 15.6. The standard InChI is InChI=1S/C19H22N4O5/c1-4-19(5-2)17(25)23(18(26)20-19)10-15(24)27-11-14-21-22-16(28-14)13-8-6-7-12(3)9-13/h6-9H,4-5,10-11H2,1-3H3,(H,20,26). The number of hydrogen-bond acceptors (Lipinski definition) is 7. The van der Waals surface area contributed by atoms with Gasteiger partial charge in [0, 0.05) is 5.56 Å². The molecule has 0 spiro atoms. The van der Waals surface area contributed by atoms with Crippen molar-refractivity contribution < 1.29 is 23.5 Å². The van der Waals surface area contributed by atoms with Crippen LogP contribution >= 0.6 is 0 Å². The van der Waals surface area contributed by atoms with Crippen LogP contribution in [0.1, 0.15) is 38.1 Å². The summed E-state index contributed by atoms with van der Waals surface area (Å²) in [5.41, 5.74) is 0.861. The lowest BCUT2D eigenvalue weighted by Gasteiger charge is -2.22. The van der Waals surface area contributed by atoms with Crippen molar-refractivity contribution in [3.05, 3.63) is 35.7 Å². The van der Waals surface area contributed by atoms with E-state index in [1.54, 1.807) is 0 Å². The zero-order valence-corrected chi connectivity index (χ0v) is 16.0. The van der Waals surface area contributed by atoms with E-state index in [0.29, 0.717) is 18.7 Å². The SMILES string of the molecule is CCC1(CC)NC(=O)N(CC(=O)OCc2nnc(-c3cccc(C)c3)o2)C1=O. The van der Waals surface area contributed by atoms with Crippen molar-refractivity contribution in [3.8, 4) is 11.5 Å². The van der Waals surface area contributed by atoms with Crippen molar-refractivity contribution >= 4 is 17.9 Å². The highest BCUT2D eigenvalue weighted by Gasteiger charge is 2.49. The summed E-state index contributed by atoms with van der Waals surface area (Å²) >= 11 is 0. The van der Waals surface area contributed by atoms with E-state index in [4.69, 9.17) is 9.15 Å². The summed E-state index contributed by atoms with van der Waals surface area (Å²) in [7, 11) is 0. The monoisotopic (exact) mass is 386 g/mol. The Bertz CT molecular complexity index is 903. The van der Waals surface area contributed by atoms with Gasteiger partial charge >= 0.3 is 12.0 Å². The summed E-state index contributed by atoms with van der Waals surface area (Å²) in [6.07, 6.45) is 0.896. The zero-order valence-electron chi connectivity index (χ0n) is 16.0. The highest BCUT2D eigenvalue weighted by Crippen LogP contribution is 2.25. The summed E-state index contributed by atoms with van der Waals surface area (Å²) in [6.45, 7) is 4.86. The quantitative estimate of drug-likeness (QED) is 0.573. The predicted octanol–water partition coefficient (Wildman–Crippen LogP) is 2.20. The molecule has 3 amide bonds. The number of carbonyl (C=O) groups excluding carboxylic acids is 3. The number of esters is 1. The highest BCUT2D eigenvalue weighted by molar-refractivity contribution is 6.08. The molecule has 0 aliphatic carbocycles. The summed E-state index contributed by atoms with van der Waals surface area (Å²) in [5.74, 6) is -0.709. The van der Waals surface area contributed by atoms with E-state index in [-0.39, 0.29) is 12.5 Å². The second kappa shape index (κ2) is 7.79. The van der Waals surface area contributed by atoms with Gasteiger partial charge in [0.25, 0.3) is 11.8 Å². The van der Waals surface area contributed by atoms with Gasteiger partial charge in [-0.1, -0.05) is 31.5 Å². The number of rotatable bonds is 7. The van der Waals surface area contributed by atoms with Crippen molar-refractivity contribution in [1.82, 2.24) is 20.4 Å². The molecule has 0 radical (unpaired) electrons. The van der Waals surface area contributed by atoms with E-state index in [9.17, 15) is 14.4 Å². The number of hydrogen-bond donors (Lipinski definition) is 1. The Morgan fingerprint density at radius 2 is 2.00 bits per heavy atom. The van der Waals surface area contributed by atoms with Crippen molar-refractivity contribution in [2.75, 3.05) is 6.54 Å². The summed E-state index contributed by atoms with van der Waals surface area (Å²) in [6, 6.07) is 6.96. The van der Waals surface area contributed by atoms with Crippen LogP contribution in [0.5, 0.6) is 0 Å². The highest BCUT2D eigenvalue weighted by atomic mass is 16.5. The number of carbonyl (C=O) groups is 3. The van der Waals surface area contributed by atoms with E-state index >= 15 is 0 Å². The van der Waals surface area contributed by atoms with Crippen molar-refractivity contribution in [3.63, 3.8) is 0 Å². The second-order valence-electron chi connectivity index (χ2n) is 6.64. The van der Waals surface area contributed by atoms with Crippen LogP contribution in [0.25, 0.3) is 11.5 Å². The zero-order chi connectivity index (χ0) is 20.3. The van der Waals surface area contributed by atoms with Gasteiger partial charge < -0.3 is 14.5 Å².